The van der Waals surface area contributed by atoms with Crippen LogP contribution < -0.4 is 5.32 Å². The molecular weight excluding hydrogens is 419 g/mol. The number of aryl methyl sites for hydroxylation is 2. The Hall–Kier alpha value is -3.28. The van der Waals surface area contributed by atoms with Crippen molar-refractivity contribution in [3.8, 4) is 10.6 Å². The van der Waals surface area contributed by atoms with Gasteiger partial charge in [-0.25, -0.2) is 9.50 Å². The average Bonchev–Trinajstić information content (AvgIpc) is 3.40. The molecule has 0 aromatic carbocycles. The number of anilines is 1. The van der Waals surface area contributed by atoms with Crippen LogP contribution in [0, 0.1) is 13.8 Å². The first-order valence-corrected chi connectivity index (χ1v) is 9.79. The molecule has 0 saturated carbocycles. The van der Waals surface area contributed by atoms with Crippen LogP contribution in [0.5, 0.6) is 0 Å². The van der Waals surface area contributed by atoms with Crippen LogP contribution in [0.2, 0.25) is 0 Å². The second-order valence-corrected chi connectivity index (χ2v) is 7.55. The van der Waals surface area contributed by atoms with Crippen LogP contribution in [0.25, 0.3) is 16.3 Å². The number of alkyl halides is 3. The van der Waals surface area contributed by atoms with E-state index < -0.39 is 12.0 Å². The molecule has 30 heavy (non-hydrogen) atoms. The molecule has 0 saturated heterocycles. The third-order valence-corrected chi connectivity index (χ3v) is 5.44. The normalized spacial score (nSPS) is 11.9. The van der Waals surface area contributed by atoms with E-state index >= 15 is 0 Å². The van der Waals surface area contributed by atoms with Gasteiger partial charge in [0.2, 0.25) is 5.91 Å². The van der Waals surface area contributed by atoms with Crippen LogP contribution in [0.4, 0.5) is 19.0 Å². The van der Waals surface area contributed by atoms with E-state index in [1.54, 1.807) is 31.3 Å². The van der Waals surface area contributed by atoms with Crippen molar-refractivity contribution < 1.29 is 18.0 Å². The lowest BCUT2D eigenvalue weighted by atomic mass is 10.1. The molecule has 156 valence electrons. The molecule has 0 radical (unpaired) electrons. The number of thiophene rings is 1. The number of rotatable bonds is 5. The number of carbonyl (C=O) groups is 1. The lowest BCUT2D eigenvalue weighted by Crippen LogP contribution is -2.14. The van der Waals surface area contributed by atoms with Gasteiger partial charge in [-0.05, 0) is 37.3 Å². The van der Waals surface area contributed by atoms with Gasteiger partial charge in [0.15, 0.2) is 5.82 Å². The fourth-order valence-corrected chi connectivity index (χ4v) is 3.77. The lowest BCUT2D eigenvalue weighted by Gasteiger charge is -2.10. The van der Waals surface area contributed by atoms with Gasteiger partial charge in [-0.3, -0.25) is 9.89 Å². The highest BCUT2D eigenvalue weighted by Gasteiger charge is 2.37. The summed E-state index contributed by atoms with van der Waals surface area (Å²) in [6.07, 6.45) is -4.26. The van der Waals surface area contributed by atoms with Crippen molar-refractivity contribution >= 4 is 28.8 Å². The molecule has 0 spiro atoms. The minimum atomic E-state index is -4.65. The van der Waals surface area contributed by atoms with Gasteiger partial charge >= 0.3 is 6.18 Å². The van der Waals surface area contributed by atoms with Gasteiger partial charge in [-0.1, -0.05) is 6.07 Å². The van der Waals surface area contributed by atoms with E-state index in [1.807, 2.05) is 17.5 Å². The van der Waals surface area contributed by atoms with Crippen molar-refractivity contribution in [2.45, 2.75) is 32.9 Å². The highest BCUT2D eigenvalue weighted by atomic mass is 32.1. The first-order chi connectivity index (χ1) is 14.2. The van der Waals surface area contributed by atoms with Crippen molar-refractivity contribution in [2.75, 3.05) is 5.32 Å². The highest BCUT2D eigenvalue weighted by Crippen LogP contribution is 2.27. The maximum atomic E-state index is 12.9. The molecule has 1 amide bonds. The van der Waals surface area contributed by atoms with Crippen LogP contribution in [0.15, 0.2) is 23.6 Å². The van der Waals surface area contributed by atoms with E-state index in [2.05, 4.69) is 30.6 Å². The first-order valence-electron chi connectivity index (χ1n) is 8.91. The molecule has 4 aromatic rings. The maximum Gasteiger partial charge on any atom is 0.453 e. The number of hydrogen-bond donors (Lipinski definition) is 2. The Morgan fingerprint density at radius 1 is 1.30 bits per heavy atom. The van der Waals surface area contributed by atoms with E-state index in [4.69, 9.17) is 0 Å². The fraction of sp³-hybridized carbons (Fsp3) is 0.278. The van der Waals surface area contributed by atoms with Gasteiger partial charge in [-0.2, -0.15) is 23.3 Å². The molecule has 0 aliphatic rings. The molecule has 0 unspecified atom stereocenters. The minimum Gasteiger partial charge on any atom is -0.309 e. The predicted octanol–water partition coefficient (Wildman–Crippen LogP) is 3.78. The molecule has 0 bridgehead atoms. The van der Waals surface area contributed by atoms with Gasteiger partial charge < -0.3 is 5.32 Å². The van der Waals surface area contributed by atoms with Crippen LogP contribution in [0.1, 0.15) is 29.2 Å². The Bertz CT molecular complexity index is 1210. The quantitative estimate of drug-likeness (QED) is 0.497. The summed E-state index contributed by atoms with van der Waals surface area (Å²) >= 11 is 1.55. The number of H-pyrrole nitrogens is 1. The zero-order valence-electron chi connectivity index (χ0n) is 15.9. The lowest BCUT2D eigenvalue weighted by molar-refractivity contribution is -0.144. The first kappa shape index (κ1) is 20.0. The Labute approximate surface area is 172 Å². The number of carbonyl (C=O) groups excluding carboxylic acids is 1. The monoisotopic (exact) mass is 435 g/mol. The number of aromatic amines is 1. The van der Waals surface area contributed by atoms with E-state index in [1.165, 1.54) is 0 Å². The Morgan fingerprint density at radius 2 is 2.10 bits per heavy atom. The van der Waals surface area contributed by atoms with E-state index in [9.17, 15) is 18.0 Å². The summed E-state index contributed by atoms with van der Waals surface area (Å²) in [7, 11) is 0. The molecule has 2 N–H and O–H groups in total. The molecule has 0 fully saturated rings. The largest absolute Gasteiger partial charge is 0.453 e. The Kier molecular flexibility index (Phi) is 5.02. The molecule has 8 nitrogen and oxygen atoms in total. The number of amides is 1. The fourth-order valence-electron chi connectivity index (χ4n) is 3.08. The van der Waals surface area contributed by atoms with Crippen LogP contribution in [-0.4, -0.2) is 35.7 Å². The molecule has 4 heterocycles. The second-order valence-electron chi connectivity index (χ2n) is 6.60. The number of aromatic nitrogens is 6. The third kappa shape index (κ3) is 3.90. The summed E-state index contributed by atoms with van der Waals surface area (Å²) in [5.74, 6) is -1.24. The number of hydrogen-bond acceptors (Lipinski definition) is 6. The standard InChI is InChI=1S/C18H16F3N7OS/c1-9-11(10(2)28-17(22-9)24-16(27-28)18(19,20)21)5-6-15(29)23-14-8-12(25-26-14)13-4-3-7-30-13/h3-4,7-8H,5-6H2,1-2H3,(H2,23,25,26,29). The number of nitrogens with zero attached hydrogens (tertiary/aromatic N) is 5. The maximum absolute atomic E-state index is 12.9. The van der Waals surface area contributed by atoms with Gasteiger partial charge in [-0.15, -0.1) is 16.4 Å². The zero-order valence-corrected chi connectivity index (χ0v) is 16.7. The summed E-state index contributed by atoms with van der Waals surface area (Å²) < 4.78 is 39.7. The molecule has 12 heteroatoms. The van der Waals surface area contributed by atoms with Gasteiger partial charge in [0, 0.05) is 23.9 Å². The molecular formula is C18H16F3N7OS. The number of halogens is 3. The van der Waals surface area contributed by atoms with E-state index in [0.717, 1.165) is 15.1 Å². The minimum absolute atomic E-state index is 0.108. The highest BCUT2D eigenvalue weighted by molar-refractivity contribution is 7.13. The van der Waals surface area contributed by atoms with Gasteiger partial charge in [0.25, 0.3) is 11.6 Å². The second kappa shape index (κ2) is 7.52. The van der Waals surface area contributed by atoms with Gasteiger partial charge in [0.05, 0.1) is 10.6 Å². The van der Waals surface area contributed by atoms with Crippen molar-refractivity contribution in [1.29, 1.82) is 0 Å². The summed E-state index contributed by atoms with van der Waals surface area (Å²) in [4.78, 5) is 20.9. The van der Waals surface area contributed by atoms with Crippen molar-refractivity contribution in [3.05, 3.63) is 46.4 Å². The van der Waals surface area contributed by atoms with Crippen molar-refractivity contribution in [1.82, 2.24) is 29.8 Å². The van der Waals surface area contributed by atoms with Crippen molar-refractivity contribution in [3.63, 3.8) is 0 Å². The van der Waals surface area contributed by atoms with E-state index in [0.29, 0.717) is 22.8 Å². The average molecular weight is 435 g/mol. The Balaban J connectivity index is 1.47. The molecule has 0 aliphatic heterocycles. The smallest absolute Gasteiger partial charge is 0.309 e. The summed E-state index contributed by atoms with van der Waals surface area (Å²) in [6, 6.07) is 5.59. The number of nitrogens with one attached hydrogen (secondary N) is 2. The predicted molar refractivity (Wildman–Crippen MR) is 104 cm³/mol. The third-order valence-electron chi connectivity index (χ3n) is 4.54. The summed E-state index contributed by atoms with van der Waals surface area (Å²) in [5.41, 5.74) is 2.42. The SMILES string of the molecule is Cc1nc2nc(C(F)(F)F)nn2c(C)c1CCC(=O)Nc1cc(-c2cccs2)[nH]n1. The van der Waals surface area contributed by atoms with Crippen LogP contribution >= 0.6 is 11.3 Å². The topological polar surface area (TPSA) is 101 Å². The van der Waals surface area contributed by atoms with Crippen molar-refractivity contribution in [2.24, 2.45) is 0 Å². The summed E-state index contributed by atoms with van der Waals surface area (Å²) in [6.45, 7) is 3.30. The summed E-state index contributed by atoms with van der Waals surface area (Å²) in [5, 5.41) is 15.1. The molecule has 0 aliphatic carbocycles. The molecule has 4 aromatic heterocycles. The van der Waals surface area contributed by atoms with Crippen LogP contribution in [0.3, 0.4) is 0 Å². The zero-order chi connectivity index (χ0) is 21.5. The van der Waals surface area contributed by atoms with Gasteiger partial charge in [0.1, 0.15) is 0 Å². The van der Waals surface area contributed by atoms with E-state index in [-0.39, 0.29) is 24.5 Å². The Morgan fingerprint density at radius 3 is 2.80 bits per heavy atom. The molecule has 0 atom stereocenters. The van der Waals surface area contributed by atoms with Crippen LogP contribution in [-0.2, 0) is 17.4 Å². The molecule has 4 rings (SSSR count). The number of fused-ring (bicyclic) bond motifs is 1.